The lowest BCUT2D eigenvalue weighted by atomic mass is 10.1. The van der Waals surface area contributed by atoms with Crippen LogP contribution in [-0.4, -0.2) is 11.7 Å². The van der Waals surface area contributed by atoms with E-state index in [4.69, 9.17) is 5.26 Å². The highest BCUT2D eigenvalue weighted by molar-refractivity contribution is 5.98. The van der Waals surface area contributed by atoms with Gasteiger partial charge >= 0.3 is 0 Å². The van der Waals surface area contributed by atoms with Gasteiger partial charge in [-0.2, -0.15) is 5.26 Å². The molecule has 4 nitrogen and oxygen atoms in total. The molecule has 7 heteroatoms. The van der Waals surface area contributed by atoms with Crippen LogP contribution in [0.15, 0.2) is 36.4 Å². The van der Waals surface area contributed by atoms with E-state index in [0.29, 0.717) is 6.07 Å². The van der Waals surface area contributed by atoms with Crippen LogP contribution in [0.3, 0.4) is 0 Å². The van der Waals surface area contributed by atoms with Crippen LogP contribution >= 0.6 is 0 Å². The largest absolute Gasteiger partial charge is 0.352 e. The quantitative estimate of drug-likeness (QED) is 0.816. The van der Waals surface area contributed by atoms with Gasteiger partial charge in [0.2, 0.25) is 5.91 Å². The van der Waals surface area contributed by atoms with E-state index in [9.17, 15) is 22.8 Å². The van der Waals surface area contributed by atoms with Crippen LogP contribution < -0.4 is 5.32 Å². The van der Waals surface area contributed by atoms with Crippen LogP contribution in [-0.2, 0) is 11.3 Å². The molecular formula is C18H13F3N2O2. The third-order valence-corrected chi connectivity index (χ3v) is 3.47. The summed E-state index contributed by atoms with van der Waals surface area (Å²) in [6.07, 6.45) is -0.474. The van der Waals surface area contributed by atoms with Crippen LogP contribution in [0.5, 0.6) is 0 Å². The SMILES string of the molecule is N#Cc1ccc(CNC(=O)CCC(=O)c2ccc(F)cc2F)c(F)c1. The third-order valence-electron chi connectivity index (χ3n) is 3.47. The fourth-order valence-electron chi connectivity index (χ4n) is 2.12. The summed E-state index contributed by atoms with van der Waals surface area (Å²) < 4.78 is 39.9. The predicted molar refractivity (Wildman–Crippen MR) is 82.9 cm³/mol. The number of nitriles is 1. The highest BCUT2D eigenvalue weighted by Gasteiger charge is 2.14. The lowest BCUT2D eigenvalue weighted by Gasteiger charge is -2.07. The van der Waals surface area contributed by atoms with Gasteiger partial charge in [0.25, 0.3) is 0 Å². The van der Waals surface area contributed by atoms with Crippen molar-refractivity contribution >= 4 is 11.7 Å². The number of nitrogens with one attached hydrogen (secondary N) is 1. The maximum atomic E-state index is 13.7. The lowest BCUT2D eigenvalue weighted by Crippen LogP contribution is -2.24. The van der Waals surface area contributed by atoms with E-state index < -0.39 is 29.1 Å². The molecular weight excluding hydrogens is 333 g/mol. The van der Waals surface area contributed by atoms with Crippen molar-refractivity contribution in [3.63, 3.8) is 0 Å². The van der Waals surface area contributed by atoms with E-state index in [1.165, 1.54) is 12.1 Å². The molecule has 0 atom stereocenters. The van der Waals surface area contributed by atoms with E-state index in [1.54, 1.807) is 6.07 Å². The Morgan fingerprint density at radius 3 is 2.40 bits per heavy atom. The van der Waals surface area contributed by atoms with Crippen molar-refractivity contribution in [2.24, 2.45) is 0 Å². The van der Waals surface area contributed by atoms with Crippen LogP contribution in [0.1, 0.15) is 34.3 Å². The Kier molecular flexibility index (Phi) is 5.90. The van der Waals surface area contributed by atoms with Crippen LogP contribution in [0.2, 0.25) is 0 Å². The minimum Gasteiger partial charge on any atom is -0.352 e. The summed E-state index contributed by atoms with van der Waals surface area (Å²) in [5, 5.41) is 11.1. The number of Topliss-reactive ketones (excluding diaryl/α,β-unsaturated/α-hetero) is 1. The maximum absolute atomic E-state index is 13.7. The highest BCUT2D eigenvalue weighted by atomic mass is 19.1. The summed E-state index contributed by atoms with van der Waals surface area (Å²) in [7, 11) is 0. The van der Waals surface area contributed by atoms with E-state index in [-0.39, 0.29) is 36.1 Å². The number of carbonyl (C=O) groups excluding carboxylic acids is 2. The third kappa shape index (κ3) is 4.91. The van der Waals surface area contributed by atoms with Crippen molar-refractivity contribution in [3.8, 4) is 6.07 Å². The number of halogens is 3. The highest BCUT2D eigenvalue weighted by Crippen LogP contribution is 2.13. The number of nitrogens with zero attached hydrogens (tertiary/aromatic N) is 1. The molecule has 0 fully saturated rings. The van der Waals surface area contributed by atoms with Gasteiger partial charge in [-0.3, -0.25) is 9.59 Å². The number of hydrogen-bond acceptors (Lipinski definition) is 3. The molecule has 1 N–H and O–H groups in total. The molecule has 2 aromatic rings. The van der Waals surface area contributed by atoms with Gasteiger partial charge in [0.1, 0.15) is 17.5 Å². The molecule has 0 aliphatic heterocycles. The average Bonchev–Trinajstić information content (AvgIpc) is 2.58. The number of carbonyl (C=O) groups is 2. The summed E-state index contributed by atoms with van der Waals surface area (Å²) in [6, 6.07) is 8.24. The van der Waals surface area contributed by atoms with Gasteiger partial charge in [-0.05, 0) is 24.3 Å². The molecule has 25 heavy (non-hydrogen) atoms. The minimum absolute atomic E-state index is 0.102. The molecule has 0 spiro atoms. The van der Waals surface area contributed by atoms with Crippen molar-refractivity contribution in [1.82, 2.24) is 5.32 Å². The Balaban J connectivity index is 1.86. The van der Waals surface area contributed by atoms with Gasteiger partial charge in [0.05, 0.1) is 17.2 Å². The molecule has 0 saturated carbocycles. The first-order valence-corrected chi connectivity index (χ1v) is 7.34. The second kappa shape index (κ2) is 8.11. The minimum atomic E-state index is -0.981. The first-order valence-electron chi connectivity index (χ1n) is 7.34. The van der Waals surface area contributed by atoms with Gasteiger partial charge in [-0.1, -0.05) is 6.07 Å². The fourth-order valence-corrected chi connectivity index (χ4v) is 2.12. The zero-order valence-electron chi connectivity index (χ0n) is 13.0. The van der Waals surface area contributed by atoms with E-state index in [2.05, 4.69) is 5.32 Å². The molecule has 0 saturated heterocycles. The molecule has 0 heterocycles. The van der Waals surface area contributed by atoms with Gasteiger partial charge < -0.3 is 5.32 Å². The second-order valence-corrected chi connectivity index (χ2v) is 5.24. The zero-order valence-corrected chi connectivity index (χ0v) is 13.0. The van der Waals surface area contributed by atoms with Crippen LogP contribution in [0, 0.1) is 28.8 Å². The van der Waals surface area contributed by atoms with E-state index in [1.807, 2.05) is 0 Å². The fraction of sp³-hybridized carbons (Fsp3) is 0.167. The Morgan fingerprint density at radius 1 is 1.00 bits per heavy atom. The molecule has 0 radical (unpaired) electrons. The Morgan fingerprint density at radius 2 is 1.76 bits per heavy atom. The van der Waals surface area contributed by atoms with Gasteiger partial charge in [0.15, 0.2) is 5.78 Å². The molecule has 0 aliphatic carbocycles. The molecule has 128 valence electrons. The molecule has 0 bridgehead atoms. The number of hydrogen-bond donors (Lipinski definition) is 1. The summed E-state index contributed by atoms with van der Waals surface area (Å²) >= 11 is 0. The molecule has 0 aliphatic rings. The number of ketones is 1. The molecule has 1 amide bonds. The van der Waals surface area contributed by atoms with Gasteiger partial charge in [-0.25, -0.2) is 13.2 Å². The van der Waals surface area contributed by atoms with Gasteiger partial charge in [-0.15, -0.1) is 0 Å². The summed E-state index contributed by atoms with van der Waals surface area (Å²) in [5.74, 6) is -3.54. The molecule has 0 unspecified atom stereocenters. The van der Waals surface area contributed by atoms with E-state index >= 15 is 0 Å². The molecule has 2 aromatic carbocycles. The van der Waals surface area contributed by atoms with Crippen molar-refractivity contribution < 1.29 is 22.8 Å². The number of rotatable bonds is 6. The average molecular weight is 346 g/mol. The topological polar surface area (TPSA) is 70.0 Å². The Bertz CT molecular complexity index is 860. The normalized spacial score (nSPS) is 10.2. The monoisotopic (exact) mass is 346 g/mol. The molecule has 2 rings (SSSR count). The van der Waals surface area contributed by atoms with Crippen molar-refractivity contribution in [2.75, 3.05) is 0 Å². The number of benzene rings is 2. The standard InChI is InChI=1S/C18H13F3N2O2/c19-13-3-4-14(16(21)8-13)17(24)5-6-18(25)23-10-12-2-1-11(9-22)7-15(12)20/h1-4,7-8H,5-6,10H2,(H,23,25). The summed E-state index contributed by atoms with van der Waals surface area (Å²) in [5.41, 5.74) is 0.0788. The van der Waals surface area contributed by atoms with Crippen molar-refractivity contribution in [2.45, 2.75) is 19.4 Å². The van der Waals surface area contributed by atoms with Gasteiger partial charge in [0, 0.05) is 31.0 Å². The Labute approximate surface area is 141 Å². The van der Waals surface area contributed by atoms with Crippen LogP contribution in [0.25, 0.3) is 0 Å². The zero-order chi connectivity index (χ0) is 18.4. The first kappa shape index (κ1) is 18.2. The molecule has 0 aromatic heterocycles. The second-order valence-electron chi connectivity index (χ2n) is 5.24. The van der Waals surface area contributed by atoms with Crippen LogP contribution in [0.4, 0.5) is 13.2 Å². The predicted octanol–water partition coefficient (Wildman–Crippen LogP) is 3.25. The first-order chi connectivity index (χ1) is 11.9. The van der Waals surface area contributed by atoms with E-state index in [0.717, 1.165) is 18.2 Å². The lowest BCUT2D eigenvalue weighted by molar-refractivity contribution is -0.121. The van der Waals surface area contributed by atoms with Crippen molar-refractivity contribution in [3.05, 3.63) is 70.5 Å². The summed E-state index contributed by atoms with van der Waals surface area (Å²) in [4.78, 5) is 23.6. The number of amides is 1. The maximum Gasteiger partial charge on any atom is 0.220 e. The smallest absolute Gasteiger partial charge is 0.220 e. The summed E-state index contributed by atoms with van der Waals surface area (Å²) in [6.45, 7) is -0.102. The Hall–Kier alpha value is -3.14. The van der Waals surface area contributed by atoms with Crippen molar-refractivity contribution in [1.29, 1.82) is 5.26 Å².